The molecular weight excluding hydrogens is 1380 g/mol. The van der Waals surface area contributed by atoms with Crippen LogP contribution in [0, 0.1) is 23.2 Å². The minimum atomic E-state index is -2.13. The molecule has 0 radical (unpaired) electrons. The van der Waals surface area contributed by atoms with E-state index in [1.54, 1.807) is 58.0 Å². The van der Waals surface area contributed by atoms with Crippen molar-refractivity contribution >= 4 is 112 Å². The van der Waals surface area contributed by atoms with Crippen molar-refractivity contribution in [1.82, 2.24) is 69.1 Å². The number of aliphatic hydroxyl groups excluding tert-OH is 2. The Morgan fingerprint density at radius 3 is 1.25 bits per heavy atom. The van der Waals surface area contributed by atoms with Gasteiger partial charge >= 0.3 is 17.9 Å². The second-order valence-electron chi connectivity index (χ2n) is 24.9. The molecule has 0 saturated heterocycles. The van der Waals surface area contributed by atoms with E-state index < -0.39 is 273 Å². The van der Waals surface area contributed by atoms with Crippen molar-refractivity contribution in [3.8, 4) is 0 Å². The summed E-state index contributed by atoms with van der Waals surface area (Å²) < 4.78 is 0. The molecule has 42 heteroatoms. The molecule has 1 aromatic rings. The topological polar surface area (TPSA) is 719 Å². The fourth-order valence-corrected chi connectivity index (χ4v) is 9.49. The first-order chi connectivity index (χ1) is 48.5. The van der Waals surface area contributed by atoms with Crippen LogP contribution in [-0.2, 0) is 92.7 Å². The summed E-state index contributed by atoms with van der Waals surface area (Å²) in [7, 11) is 0. The van der Waals surface area contributed by atoms with Crippen LogP contribution in [0.1, 0.15) is 118 Å². The fourth-order valence-electron chi connectivity index (χ4n) is 9.49. The molecule has 14 atom stereocenters. The largest absolute Gasteiger partial charge is 0.481 e. The lowest BCUT2D eigenvalue weighted by Crippen LogP contribution is -2.62. The third kappa shape index (κ3) is 34.0. The zero-order chi connectivity index (χ0) is 79.4. The summed E-state index contributed by atoms with van der Waals surface area (Å²) in [4.78, 5) is 237. The number of rotatable bonds is 49. The molecule has 0 fully saturated rings. The molecule has 15 amide bonds. The first-order valence-electron chi connectivity index (χ1n) is 32.8. The van der Waals surface area contributed by atoms with E-state index in [0.717, 1.165) is 0 Å². The van der Waals surface area contributed by atoms with E-state index in [2.05, 4.69) is 63.8 Å². The summed E-state index contributed by atoms with van der Waals surface area (Å²) in [5, 5.41) is 86.0. The number of hydrogen-bond acceptors (Lipinski definition) is 22. The summed E-state index contributed by atoms with van der Waals surface area (Å²) in [6.45, 7) is 7.93. The van der Waals surface area contributed by atoms with Crippen LogP contribution < -0.4 is 97.8 Å². The van der Waals surface area contributed by atoms with E-state index in [4.69, 9.17) is 34.1 Å². The Balaban J connectivity index is 3.53. The van der Waals surface area contributed by atoms with E-state index in [0.29, 0.717) is 5.56 Å². The van der Waals surface area contributed by atoms with Crippen molar-refractivity contribution in [3.63, 3.8) is 0 Å². The van der Waals surface area contributed by atoms with Gasteiger partial charge in [0.05, 0.1) is 38.5 Å². The molecule has 1 aromatic carbocycles. The van der Waals surface area contributed by atoms with Crippen molar-refractivity contribution < 1.29 is 112 Å². The number of carbonyl (C=O) groups is 18. The number of nitrogens with one attached hydrogen (secondary N) is 14. The van der Waals surface area contributed by atoms with Crippen LogP contribution in [0.4, 0.5) is 0 Å². The molecule has 0 saturated carbocycles. The number of guanidine groups is 1. The fraction of sp³-hybridized carbons (Fsp3) is 0.597. The number of benzene rings is 1. The maximum Gasteiger partial charge on any atom is 0.326 e. The van der Waals surface area contributed by atoms with E-state index in [1.165, 1.54) is 20.8 Å². The number of nitrogens with two attached hydrogens (primary N) is 5. The molecule has 0 aromatic heterocycles. The second kappa shape index (κ2) is 45.6. The number of hydrogen-bond donors (Lipinski definition) is 24. The van der Waals surface area contributed by atoms with E-state index >= 15 is 0 Å². The van der Waals surface area contributed by atoms with Gasteiger partial charge in [-0.3, -0.25) is 86.9 Å². The maximum absolute atomic E-state index is 14.3. The first kappa shape index (κ1) is 90.8. The lowest BCUT2D eigenvalue weighted by molar-refractivity contribution is -0.144. The molecule has 0 aliphatic heterocycles. The normalized spacial score (nSPS) is 15.0. The molecule has 1 rings (SSSR count). The van der Waals surface area contributed by atoms with Crippen LogP contribution in [-0.4, -0.2) is 236 Å². The molecule has 0 unspecified atom stereocenters. The predicted octanol–water partition coefficient (Wildman–Crippen LogP) is -9.56. The number of carboxylic acid groups (broad SMARTS) is 3. The molecule has 29 N–H and O–H groups in total. The molecule has 580 valence electrons. The van der Waals surface area contributed by atoms with Gasteiger partial charge in [-0.1, -0.05) is 78.3 Å². The van der Waals surface area contributed by atoms with Gasteiger partial charge in [-0.15, -0.1) is 0 Å². The monoisotopic (exact) mass is 1480 g/mol. The Morgan fingerprint density at radius 1 is 0.442 bits per heavy atom. The van der Waals surface area contributed by atoms with Crippen molar-refractivity contribution in [2.45, 2.75) is 198 Å². The number of aliphatic hydroxyl groups is 2. The van der Waals surface area contributed by atoms with Gasteiger partial charge in [0, 0.05) is 25.8 Å². The maximum atomic E-state index is 14.3. The summed E-state index contributed by atoms with van der Waals surface area (Å²) in [6.07, 6.45) is -7.72. The zero-order valence-corrected chi connectivity index (χ0v) is 58.5. The second-order valence-corrected chi connectivity index (χ2v) is 24.9. The number of primary amides is 3. The van der Waals surface area contributed by atoms with Gasteiger partial charge < -0.3 is 123 Å². The molecule has 0 spiro atoms. The highest BCUT2D eigenvalue weighted by atomic mass is 16.4. The Labute approximate surface area is 596 Å². The Hall–Kier alpha value is -11.2. The Bertz CT molecular complexity index is 3230. The van der Waals surface area contributed by atoms with E-state index in [-0.39, 0.29) is 25.8 Å². The number of amides is 15. The average molecular weight is 1480 g/mol. The highest BCUT2D eigenvalue weighted by molar-refractivity contribution is 6.01. The van der Waals surface area contributed by atoms with Crippen LogP contribution in [0.25, 0.3) is 0 Å². The lowest BCUT2D eigenvalue weighted by Gasteiger charge is -2.30. The van der Waals surface area contributed by atoms with E-state index in [1.807, 2.05) is 5.32 Å². The highest BCUT2D eigenvalue weighted by Crippen LogP contribution is 2.14. The molecule has 0 aliphatic carbocycles. The standard InChI is InChI=1S/C62H99N19O23/c1-8-29(6)49(81-59(101)48(28(4)5)80-57(99)46(66)30(7)83)60(102)74-34(17-19-41(64)85)53(95)75-35(22-42(65)86)54(96)72-32(15-12-20-69-62(67)68)51(93)73-33(16-18-40(63)84)52(94)76-36(23-44(88)89)50(92)70-25-43(87)71-39(26-82)56(98)79-47(27(2)3)58(100)77-37(24-45(90)91)55(97)78-38(61(103)104)21-31-13-10-9-11-14-31/h9-11,13-14,27-30,32-39,46-49,82-83H,8,12,15-26,66H2,1-7H3,(H2,63,84)(H2,64,85)(H2,65,86)(H,70,92)(H,71,87)(H,72,96)(H,73,93)(H,74,102)(H,75,95)(H,76,94)(H,77,100)(H,78,97)(H,79,98)(H,80,99)(H,81,101)(H,88,89)(H,90,91)(H,103,104)(H4,67,68,69)/t29-,30+,32-,33-,34-,35-,36-,37-,38-,39-,46-,47-,48-,49-/m0/s1. The Kier molecular flexibility index (Phi) is 39.9. The smallest absolute Gasteiger partial charge is 0.326 e. The van der Waals surface area contributed by atoms with Crippen molar-refractivity contribution in [1.29, 1.82) is 5.41 Å². The van der Waals surface area contributed by atoms with Gasteiger partial charge in [0.1, 0.15) is 72.5 Å². The van der Waals surface area contributed by atoms with Gasteiger partial charge in [0.15, 0.2) is 5.96 Å². The molecule has 42 nitrogen and oxygen atoms in total. The molecule has 0 bridgehead atoms. The van der Waals surface area contributed by atoms with Crippen LogP contribution in [0.15, 0.2) is 30.3 Å². The number of aliphatic carboxylic acids is 3. The van der Waals surface area contributed by atoms with Crippen LogP contribution in [0.2, 0.25) is 0 Å². The van der Waals surface area contributed by atoms with Gasteiger partial charge in [-0.25, -0.2) is 4.79 Å². The van der Waals surface area contributed by atoms with Crippen LogP contribution >= 0.6 is 0 Å². The zero-order valence-electron chi connectivity index (χ0n) is 58.5. The van der Waals surface area contributed by atoms with Gasteiger partial charge in [0.25, 0.3) is 0 Å². The van der Waals surface area contributed by atoms with Gasteiger partial charge in [0.2, 0.25) is 88.6 Å². The van der Waals surface area contributed by atoms with Crippen molar-refractivity contribution in [2.24, 2.45) is 46.4 Å². The van der Waals surface area contributed by atoms with Crippen LogP contribution in [0.5, 0.6) is 0 Å². The lowest BCUT2D eigenvalue weighted by atomic mass is 9.95. The minimum absolute atomic E-state index is 0.140. The van der Waals surface area contributed by atoms with Crippen molar-refractivity contribution in [3.05, 3.63) is 35.9 Å². The minimum Gasteiger partial charge on any atom is -0.481 e. The molecule has 0 aliphatic rings. The SMILES string of the molecule is CC[C@H](C)[C@H](NC(=O)[C@@H](NC(=O)[C@@H](N)[C@@H](C)O)C(C)C)C(=O)N[C@@H](CCC(N)=O)C(=O)N[C@@H](CC(N)=O)C(=O)N[C@@H](CCCNC(=N)N)C(=O)N[C@@H](CCC(N)=O)C(=O)N[C@@H](CC(=O)O)C(=O)NCC(=O)N[C@@H](CO)C(=O)N[C@H](C(=O)N[C@@H](CC(=O)O)C(=O)N[C@@H](Cc1ccccc1)C(=O)O)C(C)C. The predicted molar refractivity (Wildman–Crippen MR) is 362 cm³/mol. The van der Waals surface area contributed by atoms with E-state index in [9.17, 15) is 112 Å². The highest BCUT2D eigenvalue weighted by Gasteiger charge is 2.39. The summed E-state index contributed by atoms with van der Waals surface area (Å²) >= 11 is 0. The Morgan fingerprint density at radius 2 is 0.827 bits per heavy atom. The molecular formula is C62H99N19O23. The molecule has 104 heavy (non-hydrogen) atoms. The summed E-state index contributed by atoms with van der Waals surface area (Å²) in [6, 6.07) is -12.9. The average Bonchev–Trinajstić information content (AvgIpc) is 0.850. The third-order valence-electron chi connectivity index (χ3n) is 15.6. The van der Waals surface area contributed by atoms with Gasteiger partial charge in [-0.05, 0) is 55.9 Å². The van der Waals surface area contributed by atoms with Crippen molar-refractivity contribution in [2.75, 3.05) is 19.7 Å². The summed E-state index contributed by atoms with van der Waals surface area (Å²) in [5.74, 6) is -25.2. The van der Waals surface area contributed by atoms with Gasteiger partial charge in [-0.2, -0.15) is 0 Å². The number of carboxylic acids is 3. The first-order valence-corrected chi connectivity index (χ1v) is 32.8. The number of carbonyl (C=O) groups excluding carboxylic acids is 15. The third-order valence-corrected chi connectivity index (χ3v) is 15.6. The quantitative estimate of drug-likeness (QED) is 0.0164. The van der Waals surface area contributed by atoms with Crippen LogP contribution in [0.3, 0.4) is 0 Å². The summed E-state index contributed by atoms with van der Waals surface area (Å²) in [5.41, 5.74) is 27.9. The molecule has 0 heterocycles.